The molecule has 0 amide bonds. The Morgan fingerprint density at radius 3 is 1.50 bits per heavy atom. The molecule has 0 fully saturated rings. The van der Waals surface area contributed by atoms with Crippen LogP contribution in [0, 0.1) is 0 Å². The third-order valence-corrected chi connectivity index (χ3v) is 6.19. The molecule has 1 heterocycles. The van der Waals surface area contributed by atoms with Crippen LogP contribution in [0.25, 0.3) is 0 Å². The lowest BCUT2D eigenvalue weighted by atomic mass is 9.72. The van der Waals surface area contributed by atoms with Gasteiger partial charge in [0.25, 0.3) is 0 Å². The fraction of sp³-hybridized carbons (Fsp3) is 0.308. The van der Waals surface area contributed by atoms with Crippen molar-refractivity contribution in [2.45, 2.75) is 36.2 Å². The Bertz CT molecular complexity index is 936. The number of rotatable bonds is 7. The van der Waals surface area contributed by atoms with Crippen molar-refractivity contribution < 1.29 is 24.8 Å². The van der Waals surface area contributed by atoms with Crippen LogP contribution in [-0.2, 0) is 0 Å². The minimum Gasteiger partial charge on any atom is -0.486 e. The van der Waals surface area contributed by atoms with Crippen molar-refractivity contribution in [3.63, 3.8) is 0 Å². The van der Waals surface area contributed by atoms with E-state index in [2.05, 4.69) is 0 Å². The second-order valence-electron chi connectivity index (χ2n) is 8.47. The summed E-state index contributed by atoms with van der Waals surface area (Å²) in [5.74, 6) is 1.02. The third kappa shape index (κ3) is 4.64. The highest BCUT2D eigenvalue weighted by Gasteiger charge is 2.52. The molecule has 0 spiro atoms. The number of ether oxygens (including phenoxy) is 2. The van der Waals surface area contributed by atoms with E-state index in [4.69, 9.17) is 15.2 Å². The van der Waals surface area contributed by atoms with Crippen molar-refractivity contribution >= 4 is 0 Å². The molecule has 1 aliphatic rings. The van der Waals surface area contributed by atoms with E-state index in [9.17, 15) is 15.3 Å². The van der Waals surface area contributed by atoms with E-state index < -0.39 is 23.3 Å². The minimum absolute atomic E-state index is 0.000468. The zero-order chi connectivity index (χ0) is 22.6. The molecule has 0 bridgehead atoms. The lowest BCUT2D eigenvalue weighted by Gasteiger charge is -2.45. The molecule has 5 N–H and O–H groups in total. The molecule has 4 rings (SSSR count). The summed E-state index contributed by atoms with van der Waals surface area (Å²) in [5.41, 5.74) is 5.12. The fourth-order valence-electron chi connectivity index (χ4n) is 4.15. The zero-order valence-corrected chi connectivity index (χ0v) is 17.8. The molecule has 0 saturated carbocycles. The lowest BCUT2D eigenvalue weighted by molar-refractivity contribution is -0.112. The maximum absolute atomic E-state index is 11.7. The molecule has 0 saturated heterocycles. The fourth-order valence-corrected chi connectivity index (χ4v) is 4.15. The van der Waals surface area contributed by atoms with Crippen molar-refractivity contribution in [1.82, 2.24) is 0 Å². The summed E-state index contributed by atoms with van der Waals surface area (Å²) < 4.78 is 11.7. The molecule has 32 heavy (non-hydrogen) atoms. The Balaban J connectivity index is 1.64. The molecule has 1 aliphatic heterocycles. The highest BCUT2D eigenvalue weighted by Crippen LogP contribution is 2.41. The van der Waals surface area contributed by atoms with Gasteiger partial charge < -0.3 is 30.5 Å². The molecular formula is C26H29NO5. The van der Waals surface area contributed by atoms with Gasteiger partial charge in [-0.15, -0.1) is 0 Å². The molecular weight excluding hydrogens is 406 g/mol. The van der Waals surface area contributed by atoms with Crippen LogP contribution in [0.3, 0.4) is 0 Å². The Morgan fingerprint density at radius 1 is 0.719 bits per heavy atom. The summed E-state index contributed by atoms with van der Waals surface area (Å²) in [6.45, 7) is -0.271. The van der Waals surface area contributed by atoms with Crippen molar-refractivity contribution in [2.24, 2.45) is 5.73 Å². The first-order valence-electron chi connectivity index (χ1n) is 10.7. The number of fused-ring (bicyclic) bond motifs is 1. The summed E-state index contributed by atoms with van der Waals surface area (Å²) in [6.07, 6.45) is -1.89. The first-order valence-corrected chi connectivity index (χ1v) is 10.7. The quantitative estimate of drug-likeness (QED) is 0.455. The predicted octanol–water partition coefficient (Wildman–Crippen LogP) is 3.13. The van der Waals surface area contributed by atoms with Crippen molar-refractivity contribution in [3.05, 3.63) is 96.1 Å². The molecule has 0 aliphatic carbocycles. The molecule has 2 atom stereocenters. The predicted molar refractivity (Wildman–Crippen MR) is 121 cm³/mol. The Labute approximate surface area is 187 Å². The van der Waals surface area contributed by atoms with Gasteiger partial charge in [-0.05, 0) is 36.1 Å². The van der Waals surface area contributed by atoms with E-state index in [0.717, 1.165) is 0 Å². The van der Waals surface area contributed by atoms with Gasteiger partial charge in [0, 0.05) is 0 Å². The van der Waals surface area contributed by atoms with E-state index in [1.165, 1.54) is 0 Å². The molecule has 0 radical (unpaired) electrons. The molecule has 3 aromatic carbocycles. The highest BCUT2D eigenvalue weighted by molar-refractivity contribution is 5.40. The molecule has 2 unspecified atom stereocenters. The number of benzene rings is 3. The number of hydrogen-bond donors (Lipinski definition) is 4. The van der Waals surface area contributed by atoms with Gasteiger partial charge in [-0.1, -0.05) is 72.8 Å². The Kier molecular flexibility index (Phi) is 6.48. The number of nitrogens with two attached hydrogens (primary N) is 1. The number of para-hydroxylation sites is 2. The Hall–Kier alpha value is -2.90. The summed E-state index contributed by atoms with van der Waals surface area (Å²) in [4.78, 5) is 0. The van der Waals surface area contributed by atoms with Crippen LogP contribution in [0.1, 0.15) is 36.2 Å². The molecule has 168 valence electrons. The summed E-state index contributed by atoms with van der Waals surface area (Å²) >= 11 is 0. The Morgan fingerprint density at radius 2 is 1.09 bits per heavy atom. The van der Waals surface area contributed by atoms with Crippen LogP contribution in [-0.4, -0.2) is 39.7 Å². The van der Waals surface area contributed by atoms with E-state index in [0.29, 0.717) is 22.6 Å². The highest BCUT2D eigenvalue weighted by atomic mass is 16.6. The van der Waals surface area contributed by atoms with Gasteiger partial charge in [0.2, 0.25) is 0 Å². The molecule has 3 aromatic rings. The molecule has 0 aromatic heterocycles. The topological polar surface area (TPSA) is 105 Å². The number of aliphatic hydroxyl groups excluding tert-OH is 2. The molecule has 6 heteroatoms. The standard InChI is InChI=1S/C26H29NO5/c27-25(15-21(28)19-9-3-1-4-10-19,16-22(29)20-11-5-2-6-12-20)26(30)17-31-23-13-7-8-14-24(23)32-18-26/h1-14,21-22,28-30H,15-18,27H2. The second-order valence-corrected chi connectivity index (χ2v) is 8.47. The maximum atomic E-state index is 11.7. The summed E-state index contributed by atoms with van der Waals surface area (Å²) in [7, 11) is 0. The van der Waals surface area contributed by atoms with Crippen molar-refractivity contribution in [1.29, 1.82) is 0 Å². The first-order chi connectivity index (χ1) is 15.4. The largest absolute Gasteiger partial charge is 0.486 e. The third-order valence-electron chi connectivity index (χ3n) is 6.19. The average molecular weight is 436 g/mol. The monoisotopic (exact) mass is 435 g/mol. The van der Waals surface area contributed by atoms with Crippen LogP contribution in [0.15, 0.2) is 84.9 Å². The van der Waals surface area contributed by atoms with Gasteiger partial charge in [-0.3, -0.25) is 0 Å². The van der Waals surface area contributed by atoms with Crippen molar-refractivity contribution in [3.8, 4) is 11.5 Å². The number of hydrogen-bond acceptors (Lipinski definition) is 6. The maximum Gasteiger partial charge on any atom is 0.161 e. The minimum atomic E-state index is -1.67. The van der Waals surface area contributed by atoms with E-state index in [-0.39, 0.29) is 26.1 Å². The van der Waals surface area contributed by atoms with Gasteiger partial charge >= 0.3 is 0 Å². The van der Waals surface area contributed by atoms with Crippen LogP contribution in [0.5, 0.6) is 11.5 Å². The van der Waals surface area contributed by atoms with Gasteiger partial charge in [0.1, 0.15) is 13.2 Å². The number of aliphatic hydroxyl groups is 3. The van der Waals surface area contributed by atoms with Gasteiger partial charge in [-0.25, -0.2) is 0 Å². The lowest BCUT2D eigenvalue weighted by Crippen LogP contribution is -2.66. The molecule has 6 nitrogen and oxygen atoms in total. The normalized spacial score (nSPS) is 18.8. The van der Waals surface area contributed by atoms with Crippen LogP contribution < -0.4 is 15.2 Å². The SMILES string of the molecule is NC(CC(O)c1ccccc1)(CC(O)c1ccccc1)C1(O)COc2ccccc2OC1. The zero-order valence-electron chi connectivity index (χ0n) is 17.8. The van der Waals surface area contributed by atoms with E-state index >= 15 is 0 Å². The van der Waals surface area contributed by atoms with Gasteiger partial charge in [-0.2, -0.15) is 0 Å². The van der Waals surface area contributed by atoms with E-state index in [1.807, 2.05) is 48.5 Å². The van der Waals surface area contributed by atoms with Crippen molar-refractivity contribution in [2.75, 3.05) is 13.2 Å². The summed E-state index contributed by atoms with van der Waals surface area (Å²) in [5, 5.41) is 33.7. The van der Waals surface area contributed by atoms with Gasteiger partial charge in [0.05, 0.1) is 17.7 Å². The average Bonchev–Trinajstić information content (AvgIpc) is 3.00. The summed E-state index contributed by atoms with van der Waals surface area (Å²) in [6, 6.07) is 25.4. The van der Waals surface area contributed by atoms with Crippen LogP contribution in [0.4, 0.5) is 0 Å². The smallest absolute Gasteiger partial charge is 0.161 e. The van der Waals surface area contributed by atoms with E-state index in [1.54, 1.807) is 36.4 Å². The second kappa shape index (κ2) is 9.30. The van der Waals surface area contributed by atoms with Crippen LogP contribution in [0.2, 0.25) is 0 Å². The van der Waals surface area contributed by atoms with Crippen LogP contribution >= 0.6 is 0 Å². The van der Waals surface area contributed by atoms with Gasteiger partial charge in [0.15, 0.2) is 17.1 Å². The first kappa shape index (κ1) is 22.3.